The number of nitrogens with two attached hydrogens (primary N) is 5. The highest BCUT2D eigenvalue weighted by Crippen LogP contribution is 2.30. The molecule has 2 heterocycles. The number of aliphatic hydroxyl groups excluding tert-OH is 5. The van der Waals surface area contributed by atoms with E-state index >= 15 is 0 Å². The molecule has 0 radical (unpaired) electrons. The molecule has 0 aromatic rings. The van der Waals surface area contributed by atoms with Crippen molar-refractivity contribution >= 4 is 12.4 Å². The monoisotopic (exact) mass is 503 g/mol. The minimum atomic E-state index is -1.44. The van der Waals surface area contributed by atoms with Gasteiger partial charge >= 0.3 is 0 Å². The maximum absolute atomic E-state index is 11.0. The van der Waals surface area contributed by atoms with Crippen molar-refractivity contribution in [3.63, 3.8) is 0 Å². The van der Waals surface area contributed by atoms with E-state index in [0.717, 1.165) is 0 Å². The van der Waals surface area contributed by atoms with Gasteiger partial charge in [-0.1, -0.05) is 0 Å². The lowest BCUT2D eigenvalue weighted by atomic mass is 9.84. The van der Waals surface area contributed by atoms with Crippen LogP contribution in [0.2, 0.25) is 0 Å². The Labute approximate surface area is 197 Å². The molecule has 196 valence electrons. The molecule has 0 aromatic heterocycles. The molecule has 14 atom stereocenters. The van der Waals surface area contributed by atoms with Crippen LogP contribution in [0.4, 0.5) is 0 Å². The minimum Gasteiger partial charge on any atom is -0.394 e. The van der Waals surface area contributed by atoms with E-state index < -0.39 is 92.2 Å². The van der Waals surface area contributed by atoms with E-state index in [1.54, 1.807) is 0 Å². The van der Waals surface area contributed by atoms with Gasteiger partial charge in [-0.25, -0.2) is 0 Å². The van der Waals surface area contributed by atoms with Crippen LogP contribution in [0.15, 0.2) is 0 Å². The Balaban J connectivity index is 0.00000385. The van der Waals surface area contributed by atoms with Gasteiger partial charge in [0, 0.05) is 18.6 Å². The molecule has 0 bridgehead atoms. The van der Waals surface area contributed by atoms with Gasteiger partial charge in [0.2, 0.25) is 0 Å². The van der Waals surface area contributed by atoms with E-state index in [9.17, 15) is 25.5 Å². The van der Waals surface area contributed by atoms with Crippen LogP contribution < -0.4 is 28.7 Å². The van der Waals surface area contributed by atoms with Crippen LogP contribution in [-0.2, 0) is 18.9 Å². The molecule has 15 N–H and O–H groups in total. The Morgan fingerprint density at radius 2 is 1.27 bits per heavy atom. The number of rotatable bonds is 6. The molecule has 0 spiro atoms. The van der Waals surface area contributed by atoms with Gasteiger partial charge < -0.3 is 73.1 Å². The van der Waals surface area contributed by atoms with Gasteiger partial charge in [0.25, 0.3) is 0 Å². The van der Waals surface area contributed by atoms with Gasteiger partial charge in [0.1, 0.15) is 36.6 Å². The summed E-state index contributed by atoms with van der Waals surface area (Å²) in [6.07, 6.45) is -10.8. The third-order valence-corrected chi connectivity index (χ3v) is 6.41. The SMILES string of the molecule is Cl.NC[C@H]1O[C@H](O[C@H]2[C@H](O)[C@@H](O[C@H]3O[C@H](CO)[C@@H](O)[C@H](N)[C@H]3O)[C@H](N)C[C@@H]2N)[C@H](N)C[C@@H]1O. The van der Waals surface area contributed by atoms with Crippen molar-refractivity contribution in [1.29, 1.82) is 0 Å². The summed E-state index contributed by atoms with van der Waals surface area (Å²) in [5, 5.41) is 50.7. The highest BCUT2D eigenvalue weighted by Gasteiger charge is 2.50. The van der Waals surface area contributed by atoms with Crippen LogP contribution in [0, 0.1) is 0 Å². The van der Waals surface area contributed by atoms with E-state index in [2.05, 4.69) is 0 Å². The molecule has 3 aliphatic rings. The van der Waals surface area contributed by atoms with Crippen molar-refractivity contribution in [2.45, 2.75) is 98.4 Å². The maximum Gasteiger partial charge on any atom is 0.186 e. The van der Waals surface area contributed by atoms with E-state index in [4.69, 9.17) is 47.6 Å². The summed E-state index contributed by atoms with van der Waals surface area (Å²) < 4.78 is 22.7. The average molecular weight is 504 g/mol. The lowest BCUT2D eigenvalue weighted by Crippen LogP contribution is -2.68. The molecular formula is C18H38ClN5O9. The second-order valence-corrected chi connectivity index (χ2v) is 8.78. The molecular weight excluding hydrogens is 466 g/mol. The number of hydrogen-bond acceptors (Lipinski definition) is 14. The van der Waals surface area contributed by atoms with Gasteiger partial charge in [0.15, 0.2) is 12.6 Å². The van der Waals surface area contributed by atoms with Crippen molar-refractivity contribution in [2.24, 2.45) is 28.7 Å². The molecule has 14 nitrogen and oxygen atoms in total. The third-order valence-electron chi connectivity index (χ3n) is 6.41. The molecule has 33 heavy (non-hydrogen) atoms. The van der Waals surface area contributed by atoms with Crippen LogP contribution in [0.5, 0.6) is 0 Å². The Morgan fingerprint density at radius 3 is 1.82 bits per heavy atom. The number of hydrogen-bond donors (Lipinski definition) is 10. The molecule has 1 saturated carbocycles. The van der Waals surface area contributed by atoms with E-state index in [-0.39, 0.29) is 31.8 Å². The van der Waals surface area contributed by atoms with Crippen molar-refractivity contribution in [2.75, 3.05) is 13.2 Å². The first-order valence-electron chi connectivity index (χ1n) is 10.8. The normalized spacial score (nSPS) is 51.1. The molecule has 15 heteroatoms. The molecule has 0 aromatic carbocycles. The first-order valence-corrected chi connectivity index (χ1v) is 10.8. The fourth-order valence-corrected chi connectivity index (χ4v) is 4.43. The number of ether oxygens (including phenoxy) is 4. The zero-order valence-corrected chi connectivity index (χ0v) is 18.9. The predicted octanol–water partition coefficient (Wildman–Crippen LogP) is -5.87. The van der Waals surface area contributed by atoms with Crippen molar-refractivity contribution in [3.8, 4) is 0 Å². The molecule has 3 fully saturated rings. The summed E-state index contributed by atoms with van der Waals surface area (Å²) in [6, 6.07) is -3.27. The Kier molecular flexibility index (Phi) is 10.6. The summed E-state index contributed by atoms with van der Waals surface area (Å²) in [5.41, 5.74) is 29.8. The summed E-state index contributed by atoms with van der Waals surface area (Å²) in [5.74, 6) is 0. The Hall–Kier alpha value is -0.270. The van der Waals surface area contributed by atoms with E-state index in [1.165, 1.54) is 0 Å². The van der Waals surface area contributed by atoms with Gasteiger partial charge in [-0.15, -0.1) is 12.4 Å². The van der Waals surface area contributed by atoms with Gasteiger partial charge in [0.05, 0.1) is 30.9 Å². The van der Waals surface area contributed by atoms with E-state index in [1.807, 2.05) is 0 Å². The summed E-state index contributed by atoms with van der Waals surface area (Å²) >= 11 is 0. The summed E-state index contributed by atoms with van der Waals surface area (Å²) in [6.45, 7) is -0.499. The Bertz CT molecular complexity index is 614. The van der Waals surface area contributed by atoms with Crippen molar-refractivity contribution in [3.05, 3.63) is 0 Å². The lowest BCUT2D eigenvalue weighted by Gasteiger charge is -2.47. The second-order valence-electron chi connectivity index (χ2n) is 8.78. The molecule has 0 unspecified atom stereocenters. The third kappa shape index (κ3) is 6.11. The fraction of sp³-hybridized carbons (Fsp3) is 1.00. The quantitative estimate of drug-likeness (QED) is 0.162. The maximum atomic E-state index is 11.0. The van der Waals surface area contributed by atoms with Crippen LogP contribution in [-0.4, -0.2) is 124 Å². The minimum absolute atomic E-state index is 0. The van der Waals surface area contributed by atoms with Crippen molar-refractivity contribution in [1.82, 2.24) is 0 Å². The van der Waals surface area contributed by atoms with E-state index in [0.29, 0.717) is 0 Å². The molecule has 1 aliphatic carbocycles. The van der Waals surface area contributed by atoms with Gasteiger partial charge in [-0.3, -0.25) is 0 Å². The standard InChI is InChI=1S/C18H37N5O9.ClH/c19-3-9-8(25)2-7(22)17(29-9)31-15-5(20)1-6(21)16(14(15)28)32-18-13(27)11(23)12(26)10(4-24)30-18;/h5-18,24-28H,1-4,19-23H2;1H/t5-,6+,7+,8-,9+,10+,11-,12+,13+,14-,15+,16-,17+,18+;/m0./s1. The highest BCUT2D eigenvalue weighted by atomic mass is 35.5. The predicted molar refractivity (Wildman–Crippen MR) is 116 cm³/mol. The van der Waals surface area contributed by atoms with Gasteiger partial charge in [-0.2, -0.15) is 0 Å². The molecule has 0 amide bonds. The van der Waals surface area contributed by atoms with Crippen molar-refractivity contribution < 1.29 is 44.5 Å². The smallest absolute Gasteiger partial charge is 0.186 e. The first kappa shape index (κ1) is 29.0. The highest BCUT2D eigenvalue weighted by molar-refractivity contribution is 5.85. The van der Waals surface area contributed by atoms with Crippen LogP contribution in [0.1, 0.15) is 12.8 Å². The zero-order valence-electron chi connectivity index (χ0n) is 18.1. The summed E-state index contributed by atoms with van der Waals surface area (Å²) in [4.78, 5) is 0. The molecule has 3 rings (SSSR count). The van der Waals surface area contributed by atoms with Gasteiger partial charge in [-0.05, 0) is 12.8 Å². The largest absolute Gasteiger partial charge is 0.394 e. The Morgan fingerprint density at radius 1 is 0.727 bits per heavy atom. The average Bonchev–Trinajstić information content (AvgIpc) is 2.75. The zero-order chi connectivity index (χ0) is 23.7. The molecule has 2 aliphatic heterocycles. The number of aliphatic hydroxyl groups is 5. The van der Waals surface area contributed by atoms with Crippen LogP contribution >= 0.6 is 12.4 Å². The second kappa shape index (κ2) is 12.1. The first-order chi connectivity index (χ1) is 15.1. The fourth-order valence-electron chi connectivity index (χ4n) is 4.43. The topological polar surface area (TPSA) is 268 Å². The van der Waals surface area contributed by atoms with Crippen LogP contribution in [0.3, 0.4) is 0 Å². The van der Waals surface area contributed by atoms with Crippen LogP contribution in [0.25, 0.3) is 0 Å². The lowest BCUT2D eigenvalue weighted by molar-refractivity contribution is -0.314. The summed E-state index contributed by atoms with van der Waals surface area (Å²) in [7, 11) is 0. The number of halogens is 1. The molecule has 2 saturated heterocycles.